The first-order valence-corrected chi connectivity index (χ1v) is 5.41. The SMILES string of the molecule is CC.CCCCC(O)(CC)CC. The fourth-order valence-electron chi connectivity index (χ4n) is 1.11. The highest BCUT2D eigenvalue weighted by molar-refractivity contribution is 4.73. The van der Waals surface area contributed by atoms with Gasteiger partial charge in [0.05, 0.1) is 5.60 Å². The Labute approximate surface area is 78.2 Å². The van der Waals surface area contributed by atoms with Crippen molar-refractivity contribution in [1.29, 1.82) is 0 Å². The van der Waals surface area contributed by atoms with Crippen LogP contribution in [0, 0.1) is 0 Å². The standard InChI is InChI=1S/C9H20O.C2H6/c1-4-7-8-9(10,5-2)6-3;1-2/h10H,4-8H2,1-3H3;1-2H3. The van der Waals surface area contributed by atoms with E-state index in [1.807, 2.05) is 13.8 Å². The van der Waals surface area contributed by atoms with Crippen LogP contribution in [0.3, 0.4) is 0 Å². The van der Waals surface area contributed by atoms with Crippen molar-refractivity contribution in [2.75, 3.05) is 0 Å². The number of unbranched alkanes of at least 4 members (excludes halogenated alkanes) is 1. The van der Waals surface area contributed by atoms with Crippen LogP contribution in [-0.2, 0) is 0 Å². The molecular weight excluding hydrogens is 148 g/mol. The second-order valence-corrected chi connectivity index (χ2v) is 3.04. The van der Waals surface area contributed by atoms with Crippen LogP contribution in [0.2, 0.25) is 0 Å². The van der Waals surface area contributed by atoms with E-state index >= 15 is 0 Å². The zero-order chi connectivity index (χ0) is 10.0. The first-order valence-electron chi connectivity index (χ1n) is 5.41. The Hall–Kier alpha value is -0.0400. The van der Waals surface area contributed by atoms with Crippen molar-refractivity contribution < 1.29 is 5.11 Å². The van der Waals surface area contributed by atoms with E-state index in [1.165, 1.54) is 6.42 Å². The Bertz CT molecular complexity index is 75.1. The molecule has 0 aromatic heterocycles. The highest BCUT2D eigenvalue weighted by Gasteiger charge is 2.20. The van der Waals surface area contributed by atoms with Gasteiger partial charge in [0.2, 0.25) is 0 Å². The Balaban J connectivity index is 0. The van der Waals surface area contributed by atoms with Crippen LogP contribution < -0.4 is 0 Å². The third-order valence-corrected chi connectivity index (χ3v) is 2.31. The molecule has 1 heteroatoms. The van der Waals surface area contributed by atoms with Crippen LogP contribution in [0.1, 0.15) is 66.7 Å². The maximum absolute atomic E-state index is 9.76. The molecule has 1 nitrogen and oxygen atoms in total. The monoisotopic (exact) mass is 174 g/mol. The van der Waals surface area contributed by atoms with Crippen molar-refractivity contribution in [3.8, 4) is 0 Å². The summed E-state index contributed by atoms with van der Waals surface area (Å²) in [6.07, 6.45) is 5.09. The summed E-state index contributed by atoms with van der Waals surface area (Å²) in [6, 6.07) is 0. The lowest BCUT2D eigenvalue weighted by Gasteiger charge is -2.24. The summed E-state index contributed by atoms with van der Waals surface area (Å²) in [5.41, 5.74) is -0.365. The van der Waals surface area contributed by atoms with Crippen LogP contribution >= 0.6 is 0 Å². The molecule has 0 rings (SSSR count). The largest absolute Gasteiger partial charge is 0.390 e. The van der Waals surface area contributed by atoms with E-state index < -0.39 is 0 Å². The van der Waals surface area contributed by atoms with Gasteiger partial charge < -0.3 is 5.11 Å². The third kappa shape index (κ3) is 6.66. The minimum atomic E-state index is -0.365. The van der Waals surface area contributed by atoms with Gasteiger partial charge in [0.1, 0.15) is 0 Å². The molecule has 0 unspecified atom stereocenters. The van der Waals surface area contributed by atoms with E-state index in [0.29, 0.717) is 0 Å². The smallest absolute Gasteiger partial charge is 0.0642 e. The number of rotatable bonds is 5. The molecule has 76 valence electrons. The molecule has 0 aromatic rings. The van der Waals surface area contributed by atoms with Crippen molar-refractivity contribution >= 4 is 0 Å². The molecule has 0 aromatic carbocycles. The molecular formula is C11H26O. The molecule has 0 aliphatic carbocycles. The van der Waals surface area contributed by atoms with Crippen LogP contribution in [-0.4, -0.2) is 10.7 Å². The van der Waals surface area contributed by atoms with Crippen LogP contribution in [0.25, 0.3) is 0 Å². The van der Waals surface area contributed by atoms with E-state index in [4.69, 9.17) is 0 Å². The Morgan fingerprint density at radius 3 is 1.67 bits per heavy atom. The maximum Gasteiger partial charge on any atom is 0.0642 e. The molecule has 0 aliphatic rings. The molecule has 0 heterocycles. The Morgan fingerprint density at radius 1 is 1.00 bits per heavy atom. The number of hydrogen-bond acceptors (Lipinski definition) is 1. The third-order valence-electron chi connectivity index (χ3n) is 2.31. The van der Waals surface area contributed by atoms with Crippen LogP contribution in [0.5, 0.6) is 0 Å². The fraction of sp³-hybridized carbons (Fsp3) is 1.00. The summed E-state index contributed by atoms with van der Waals surface area (Å²) in [4.78, 5) is 0. The molecule has 0 bridgehead atoms. The first kappa shape index (κ1) is 14.5. The minimum absolute atomic E-state index is 0.365. The number of aliphatic hydroxyl groups is 1. The van der Waals surface area contributed by atoms with Crippen molar-refractivity contribution in [1.82, 2.24) is 0 Å². The molecule has 0 aliphatic heterocycles. The maximum atomic E-state index is 9.76. The van der Waals surface area contributed by atoms with Gasteiger partial charge in [0.25, 0.3) is 0 Å². The molecule has 0 fully saturated rings. The van der Waals surface area contributed by atoms with Crippen LogP contribution in [0.15, 0.2) is 0 Å². The molecule has 0 spiro atoms. The molecule has 12 heavy (non-hydrogen) atoms. The van der Waals surface area contributed by atoms with E-state index in [1.54, 1.807) is 0 Å². The van der Waals surface area contributed by atoms with E-state index in [9.17, 15) is 5.11 Å². The van der Waals surface area contributed by atoms with E-state index in [-0.39, 0.29) is 5.60 Å². The summed E-state index contributed by atoms with van der Waals surface area (Å²) >= 11 is 0. The average molecular weight is 174 g/mol. The summed E-state index contributed by atoms with van der Waals surface area (Å²) in [6.45, 7) is 10.3. The van der Waals surface area contributed by atoms with Gasteiger partial charge in [-0.15, -0.1) is 0 Å². The topological polar surface area (TPSA) is 20.2 Å². The van der Waals surface area contributed by atoms with E-state index in [0.717, 1.165) is 25.7 Å². The lowest BCUT2D eigenvalue weighted by Crippen LogP contribution is -2.25. The van der Waals surface area contributed by atoms with Crippen molar-refractivity contribution in [2.24, 2.45) is 0 Å². The Morgan fingerprint density at radius 2 is 1.42 bits per heavy atom. The van der Waals surface area contributed by atoms with Crippen molar-refractivity contribution in [3.63, 3.8) is 0 Å². The van der Waals surface area contributed by atoms with Gasteiger partial charge in [0.15, 0.2) is 0 Å². The molecule has 0 saturated heterocycles. The van der Waals surface area contributed by atoms with Crippen molar-refractivity contribution in [3.05, 3.63) is 0 Å². The van der Waals surface area contributed by atoms with Gasteiger partial charge in [-0.3, -0.25) is 0 Å². The zero-order valence-electron chi connectivity index (χ0n) is 9.48. The van der Waals surface area contributed by atoms with Gasteiger partial charge in [0, 0.05) is 0 Å². The second kappa shape index (κ2) is 9.05. The zero-order valence-corrected chi connectivity index (χ0v) is 9.48. The van der Waals surface area contributed by atoms with Crippen molar-refractivity contribution in [2.45, 2.75) is 72.3 Å². The van der Waals surface area contributed by atoms with Gasteiger partial charge >= 0.3 is 0 Å². The first-order chi connectivity index (χ1) is 5.68. The summed E-state index contributed by atoms with van der Waals surface area (Å²) in [7, 11) is 0. The van der Waals surface area contributed by atoms with Gasteiger partial charge in [-0.05, 0) is 19.3 Å². The average Bonchev–Trinajstić information content (AvgIpc) is 2.17. The minimum Gasteiger partial charge on any atom is -0.390 e. The predicted molar refractivity (Wildman–Crippen MR) is 56.4 cm³/mol. The predicted octanol–water partition coefficient (Wildman–Crippen LogP) is 3.75. The molecule has 0 atom stereocenters. The summed E-state index contributed by atoms with van der Waals surface area (Å²) in [5, 5.41) is 9.76. The van der Waals surface area contributed by atoms with E-state index in [2.05, 4.69) is 20.8 Å². The fourth-order valence-corrected chi connectivity index (χ4v) is 1.11. The highest BCUT2D eigenvalue weighted by atomic mass is 16.3. The molecule has 0 amide bonds. The molecule has 0 radical (unpaired) electrons. The van der Waals surface area contributed by atoms with Gasteiger partial charge in [-0.2, -0.15) is 0 Å². The molecule has 1 N–H and O–H groups in total. The highest BCUT2D eigenvalue weighted by Crippen LogP contribution is 2.21. The number of hydrogen-bond donors (Lipinski definition) is 1. The van der Waals surface area contributed by atoms with Crippen LogP contribution in [0.4, 0.5) is 0 Å². The summed E-state index contributed by atoms with van der Waals surface area (Å²) in [5.74, 6) is 0. The second-order valence-electron chi connectivity index (χ2n) is 3.04. The summed E-state index contributed by atoms with van der Waals surface area (Å²) < 4.78 is 0. The van der Waals surface area contributed by atoms with Gasteiger partial charge in [-0.1, -0.05) is 47.5 Å². The lowest BCUT2D eigenvalue weighted by atomic mass is 9.91. The normalized spacial score (nSPS) is 10.5. The Kier molecular flexibility index (Phi) is 10.9. The van der Waals surface area contributed by atoms with Gasteiger partial charge in [-0.25, -0.2) is 0 Å². The quantitative estimate of drug-likeness (QED) is 0.673. The molecule has 0 saturated carbocycles. The lowest BCUT2D eigenvalue weighted by molar-refractivity contribution is 0.0216.